The van der Waals surface area contributed by atoms with Crippen LogP contribution in [0.4, 0.5) is 5.69 Å². The Hall–Kier alpha value is -2.21. The zero-order chi connectivity index (χ0) is 18.2. The number of rotatable bonds is 8. The number of amides is 1. The maximum Gasteiger partial charge on any atom is 0.262 e. The van der Waals surface area contributed by atoms with Gasteiger partial charge in [-0.25, -0.2) is 0 Å². The van der Waals surface area contributed by atoms with Crippen molar-refractivity contribution in [3.05, 3.63) is 46.4 Å². The molecule has 134 valence electrons. The number of hydrogen-bond donors (Lipinski definition) is 1. The van der Waals surface area contributed by atoms with E-state index in [1.54, 1.807) is 19.2 Å². The highest BCUT2D eigenvalue weighted by Gasteiger charge is 2.12. The maximum absolute atomic E-state index is 12.2. The Morgan fingerprint density at radius 2 is 1.76 bits per heavy atom. The van der Waals surface area contributed by atoms with E-state index in [1.165, 1.54) is 12.7 Å². The topological polar surface area (TPSA) is 56.8 Å². The van der Waals surface area contributed by atoms with Crippen LogP contribution in [0.3, 0.4) is 0 Å². The number of carbonyl (C=O) groups excluding carboxylic acids is 1. The third-order valence-electron chi connectivity index (χ3n) is 3.58. The van der Waals surface area contributed by atoms with Crippen LogP contribution in [0.2, 0.25) is 0 Å². The minimum atomic E-state index is -0.277. The summed E-state index contributed by atoms with van der Waals surface area (Å²) in [7, 11) is 3.10. The zero-order valence-electron chi connectivity index (χ0n) is 14.6. The molecule has 2 aromatic rings. The summed E-state index contributed by atoms with van der Waals surface area (Å²) in [5.74, 6) is 1.52. The zero-order valence-corrected chi connectivity index (χ0v) is 16.2. The maximum atomic E-state index is 12.2. The summed E-state index contributed by atoms with van der Waals surface area (Å²) >= 11 is 3.38. The third-order valence-corrected chi connectivity index (χ3v) is 4.20. The first-order valence-corrected chi connectivity index (χ1v) is 8.79. The molecule has 1 N–H and O–H groups in total. The van der Waals surface area contributed by atoms with Crippen molar-refractivity contribution in [3.8, 4) is 17.2 Å². The molecule has 0 spiro atoms. The van der Waals surface area contributed by atoms with Gasteiger partial charge in [-0.3, -0.25) is 4.79 Å². The van der Waals surface area contributed by atoms with Crippen molar-refractivity contribution >= 4 is 27.5 Å². The van der Waals surface area contributed by atoms with Crippen molar-refractivity contribution < 1.29 is 19.0 Å². The molecule has 6 heteroatoms. The summed E-state index contributed by atoms with van der Waals surface area (Å²) < 4.78 is 16.8. The quantitative estimate of drug-likeness (QED) is 0.702. The Morgan fingerprint density at radius 1 is 1.08 bits per heavy atom. The smallest absolute Gasteiger partial charge is 0.262 e. The summed E-state index contributed by atoms with van der Waals surface area (Å²) in [5, 5.41) is 2.78. The average molecular weight is 408 g/mol. The van der Waals surface area contributed by atoms with E-state index >= 15 is 0 Å². The molecule has 0 aliphatic carbocycles. The molecular formula is C19H22BrNO4. The van der Waals surface area contributed by atoms with Crippen molar-refractivity contribution in [3.63, 3.8) is 0 Å². The second-order valence-electron chi connectivity index (χ2n) is 5.42. The number of benzene rings is 2. The van der Waals surface area contributed by atoms with Crippen molar-refractivity contribution in [2.45, 2.75) is 19.8 Å². The molecule has 0 unspecified atom stereocenters. The van der Waals surface area contributed by atoms with Crippen molar-refractivity contribution in [1.29, 1.82) is 0 Å². The number of methoxy groups -OCH3 is 2. The van der Waals surface area contributed by atoms with Gasteiger partial charge in [-0.05, 0) is 40.0 Å². The van der Waals surface area contributed by atoms with Gasteiger partial charge < -0.3 is 19.5 Å². The third kappa shape index (κ3) is 5.39. The van der Waals surface area contributed by atoms with Gasteiger partial charge in [-0.15, -0.1) is 0 Å². The Balaban J connectivity index is 1.98. The molecule has 0 heterocycles. The average Bonchev–Trinajstić information content (AvgIpc) is 2.62. The molecule has 0 bridgehead atoms. The van der Waals surface area contributed by atoms with Crippen LogP contribution in [0.5, 0.6) is 17.2 Å². The second-order valence-corrected chi connectivity index (χ2v) is 6.27. The van der Waals surface area contributed by atoms with Gasteiger partial charge in [0.15, 0.2) is 6.61 Å². The number of carbonyl (C=O) groups is 1. The predicted molar refractivity (Wildman–Crippen MR) is 102 cm³/mol. The number of anilines is 1. The van der Waals surface area contributed by atoms with E-state index in [1.807, 2.05) is 24.3 Å². The van der Waals surface area contributed by atoms with E-state index in [-0.39, 0.29) is 12.5 Å². The van der Waals surface area contributed by atoms with Gasteiger partial charge in [-0.2, -0.15) is 0 Å². The van der Waals surface area contributed by atoms with Crippen molar-refractivity contribution in [2.24, 2.45) is 0 Å². The largest absolute Gasteiger partial charge is 0.495 e. The van der Waals surface area contributed by atoms with Crippen LogP contribution < -0.4 is 19.5 Å². The normalized spacial score (nSPS) is 10.2. The highest BCUT2D eigenvalue weighted by molar-refractivity contribution is 9.10. The SMILES string of the molecule is CCCc1ccc(OCC(=O)Nc2cc(OC)c(Br)cc2OC)cc1. The molecule has 2 rings (SSSR count). The Bertz CT molecular complexity index is 716. The number of aryl methyl sites for hydroxylation is 1. The predicted octanol–water partition coefficient (Wildman–Crippen LogP) is 4.44. The Morgan fingerprint density at radius 3 is 2.36 bits per heavy atom. The van der Waals surface area contributed by atoms with E-state index in [4.69, 9.17) is 14.2 Å². The van der Waals surface area contributed by atoms with Crippen LogP contribution in [-0.2, 0) is 11.2 Å². The summed E-state index contributed by atoms with van der Waals surface area (Å²) in [5.41, 5.74) is 1.78. The number of halogens is 1. The number of ether oxygens (including phenoxy) is 3. The molecule has 0 radical (unpaired) electrons. The van der Waals surface area contributed by atoms with Gasteiger partial charge in [-0.1, -0.05) is 25.5 Å². The van der Waals surface area contributed by atoms with Crippen LogP contribution in [0.1, 0.15) is 18.9 Å². The standard InChI is InChI=1S/C19H22BrNO4/c1-4-5-13-6-8-14(9-7-13)25-12-19(22)21-16-11-17(23-2)15(20)10-18(16)24-3/h6-11H,4-5,12H2,1-3H3,(H,21,22). The molecule has 0 aliphatic heterocycles. The second kappa shape index (κ2) is 9.32. The van der Waals surface area contributed by atoms with Gasteiger partial charge in [0.1, 0.15) is 17.2 Å². The molecular weight excluding hydrogens is 386 g/mol. The van der Waals surface area contributed by atoms with Gasteiger partial charge in [0.2, 0.25) is 0 Å². The van der Waals surface area contributed by atoms with Crippen molar-refractivity contribution in [1.82, 2.24) is 0 Å². The van der Waals surface area contributed by atoms with Gasteiger partial charge in [0.05, 0.1) is 24.4 Å². The molecule has 0 fully saturated rings. The number of nitrogens with one attached hydrogen (secondary N) is 1. The molecule has 0 atom stereocenters. The van der Waals surface area contributed by atoms with Crippen molar-refractivity contribution in [2.75, 3.05) is 26.1 Å². The van der Waals surface area contributed by atoms with E-state index in [2.05, 4.69) is 28.2 Å². The fraction of sp³-hybridized carbons (Fsp3) is 0.316. The highest BCUT2D eigenvalue weighted by Crippen LogP contribution is 2.36. The monoisotopic (exact) mass is 407 g/mol. The summed E-state index contributed by atoms with van der Waals surface area (Å²) in [6.45, 7) is 2.05. The Labute approximate surface area is 156 Å². The molecule has 0 saturated carbocycles. The fourth-order valence-electron chi connectivity index (χ4n) is 2.33. The minimum Gasteiger partial charge on any atom is -0.495 e. The first-order valence-electron chi connectivity index (χ1n) is 8.00. The molecule has 1 amide bonds. The van der Waals surface area contributed by atoms with Gasteiger partial charge >= 0.3 is 0 Å². The Kier molecular flexibility index (Phi) is 7.13. The van der Waals surface area contributed by atoms with E-state index in [9.17, 15) is 4.79 Å². The molecule has 25 heavy (non-hydrogen) atoms. The lowest BCUT2D eigenvalue weighted by atomic mass is 10.1. The number of hydrogen-bond acceptors (Lipinski definition) is 4. The summed E-state index contributed by atoms with van der Waals surface area (Å²) in [6.07, 6.45) is 2.13. The first-order chi connectivity index (χ1) is 12.1. The molecule has 2 aromatic carbocycles. The van der Waals surface area contributed by atoms with E-state index in [0.29, 0.717) is 22.9 Å². The first kappa shape index (κ1) is 19.1. The molecule has 0 aliphatic rings. The van der Waals surface area contributed by atoms with Crippen LogP contribution >= 0.6 is 15.9 Å². The lowest BCUT2D eigenvalue weighted by Gasteiger charge is -2.13. The highest BCUT2D eigenvalue weighted by atomic mass is 79.9. The van der Waals surface area contributed by atoms with E-state index in [0.717, 1.165) is 17.3 Å². The summed E-state index contributed by atoms with van der Waals surface area (Å²) in [6, 6.07) is 11.2. The fourth-order valence-corrected chi connectivity index (χ4v) is 2.82. The van der Waals surface area contributed by atoms with Crippen LogP contribution in [-0.4, -0.2) is 26.7 Å². The van der Waals surface area contributed by atoms with E-state index < -0.39 is 0 Å². The molecule has 5 nitrogen and oxygen atoms in total. The van der Waals surface area contributed by atoms with Gasteiger partial charge in [0, 0.05) is 12.1 Å². The van der Waals surface area contributed by atoms with Crippen LogP contribution in [0.15, 0.2) is 40.9 Å². The minimum absolute atomic E-state index is 0.0886. The van der Waals surface area contributed by atoms with Gasteiger partial charge in [0.25, 0.3) is 5.91 Å². The summed E-state index contributed by atoms with van der Waals surface area (Å²) in [4.78, 5) is 12.2. The molecule has 0 saturated heterocycles. The molecule has 0 aromatic heterocycles. The lowest BCUT2D eigenvalue weighted by molar-refractivity contribution is -0.118. The lowest BCUT2D eigenvalue weighted by Crippen LogP contribution is -2.20. The van der Waals surface area contributed by atoms with Crippen LogP contribution in [0.25, 0.3) is 0 Å². The van der Waals surface area contributed by atoms with Crippen LogP contribution in [0, 0.1) is 0 Å².